The molecule has 0 amide bonds. The van der Waals surface area contributed by atoms with Gasteiger partial charge in [-0.3, -0.25) is 4.99 Å². The molecule has 1 fully saturated rings. The van der Waals surface area contributed by atoms with E-state index in [1.807, 2.05) is 24.7 Å². The quantitative estimate of drug-likeness (QED) is 0.282. The zero-order valence-electron chi connectivity index (χ0n) is 16.1. The molecule has 2 atom stereocenters. The molecule has 2 aromatic heterocycles. The van der Waals surface area contributed by atoms with Crippen LogP contribution < -0.4 is 5.32 Å². The standard InChI is InChI=1S/C19H29N5O2.HI/c1-16-6-10-23(14-18(16)24-11-8-20-15-24)19(22-9-13-25-2)21-7-5-17-4-3-12-26-17;/h3-4,8,11-12,15-16,18H,5-7,9-10,13-14H2,1-2H3,(H,21,22);1H. The first-order valence-corrected chi connectivity index (χ1v) is 9.30. The fraction of sp³-hybridized carbons (Fsp3) is 0.579. The molecule has 8 heteroatoms. The highest BCUT2D eigenvalue weighted by Gasteiger charge is 2.28. The Hall–Kier alpha value is -1.55. The Morgan fingerprint density at radius 1 is 1.48 bits per heavy atom. The van der Waals surface area contributed by atoms with Crippen LogP contribution in [-0.4, -0.2) is 60.3 Å². The van der Waals surface area contributed by atoms with Crippen LogP contribution in [0.1, 0.15) is 25.1 Å². The smallest absolute Gasteiger partial charge is 0.194 e. The Morgan fingerprint density at radius 3 is 3.07 bits per heavy atom. The molecular weight excluding hydrogens is 457 g/mol. The van der Waals surface area contributed by atoms with Gasteiger partial charge in [0.25, 0.3) is 0 Å². The van der Waals surface area contributed by atoms with Crippen LogP contribution in [0, 0.1) is 5.92 Å². The first-order chi connectivity index (χ1) is 12.8. The highest BCUT2D eigenvalue weighted by atomic mass is 127. The van der Waals surface area contributed by atoms with Crippen molar-refractivity contribution < 1.29 is 9.15 Å². The van der Waals surface area contributed by atoms with Crippen molar-refractivity contribution in [2.24, 2.45) is 10.9 Å². The van der Waals surface area contributed by atoms with E-state index < -0.39 is 0 Å². The highest BCUT2D eigenvalue weighted by molar-refractivity contribution is 14.0. The van der Waals surface area contributed by atoms with Crippen LogP contribution in [0.5, 0.6) is 0 Å². The number of halogens is 1. The minimum atomic E-state index is 0. The van der Waals surface area contributed by atoms with E-state index in [2.05, 4.69) is 32.9 Å². The number of hydrogen-bond acceptors (Lipinski definition) is 4. The van der Waals surface area contributed by atoms with Gasteiger partial charge >= 0.3 is 0 Å². The van der Waals surface area contributed by atoms with Gasteiger partial charge < -0.3 is 23.9 Å². The number of piperidine rings is 1. The van der Waals surface area contributed by atoms with Crippen molar-refractivity contribution in [3.63, 3.8) is 0 Å². The molecule has 1 N–H and O–H groups in total. The number of hydrogen-bond donors (Lipinski definition) is 1. The summed E-state index contributed by atoms with van der Waals surface area (Å²) >= 11 is 0. The second kappa shape index (κ2) is 11.3. The summed E-state index contributed by atoms with van der Waals surface area (Å²) < 4.78 is 12.8. The Labute approximate surface area is 178 Å². The van der Waals surface area contributed by atoms with Crippen LogP contribution in [0.15, 0.2) is 46.5 Å². The van der Waals surface area contributed by atoms with Gasteiger partial charge in [0.05, 0.1) is 31.8 Å². The minimum absolute atomic E-state index is 0. The molecule has 0 aromatic carbocycles. The lowest BCUT2D eigenvalue weighted by Crippen LogP contribution is -2.49. The van der Waals surface area contributed by atoms with Crippen molar-refractivity contribution in [1.29, 1.82) is 0 Å². The van der Waals surface area contributed by atoms with E-state index in [9.17, 15) is 0 Å². The molecule has 3 heterocycles. The number of aliphatic imine (C=N–C) groups is 1. The maximum absolute atomic E-state index is 5.42. The third-order valence-corrected chi connectivity index (χ3v) is 4.92. The largest absolute Gasteiger partial charge is 0.469 e. The van der Waals surface area contributed by atoms with Gasteiger partial charge in [-0.15, -0.1) is 24.0 Å². The summed E-state index contributed by atoms with van der Waals surface area (Å²) in [6.45, 7) is 6.32. The Morgan fingerprint density at radius 2 is 2.37 bits per heavy atom. The van der Waals surface area contributed by atoms with Gasteiger partial charge in [-0.1, -0.05) is 6.92 Å². The zero-order valence-corrected chi connectivity index (χ0v) is 18.4. The number of furan rings is 1. The number of imidazole rings is 1. The third-order valence-electron chi connectivity index (χ3n) is 4.92. The number of ether oxygens (including phenoxy) is 1. The summed E-state index contributed by atoms with van der Waals surface area (Å²) in [5.74, 6) is 2.55. The van der Waals surface area contributed by atoms with Crippen LogP contribution in [0.3, 0.4) is 0 Å². The van der Waals surface area contributed by atoms with E-state index in [1.165, 1.54) is 0 Å². The van der Waals surface area contributed by atoms with E-state index in [0.29, 0.717) is 25.1 Å². The lowest BCUT2D eigenvalue weighted by atomic mass is 9.93. The van der Waals surface area contributed by atoms with Crippen molar-refractivity contribution in [2.45, 2.75) is 25.8 Å². The predicted octanol–water partition coefficient (Wildman–Crippen LogP) is 2.81. The monoisotopic (exact) mass is 487 g/mol. The minimum Gasteiger partial charge on any atom is -0.469 e. The van der Waals surface area contributed by atoms with Crippen molar-refractivity contribution >= 4 is 29.9 Å². The number of aromatic nitrogens is 2. The normalized spacial score (nSPS) is 20.4. The number of likely N-dealkylation sites (tertiary alicyclic amines) is 1. The van der Waals surface area contributed by atoms with Crippen LogP contribution >= 0.6 is 24.0 Å². The van der Waals surface area contributed by atoms with Gasteiger partial charge in [-0.2, -0.15) is 0 Å². The van der Waals surface area contributed by atoms with Crippen LogP contribution in [-0.2, 0) is 11.2 Å². The molecule has 0 aliphatic carbocycles. The predicted molar refractivity (Wildman–Crippen MR) is 117 cm³/mol. The van der Waals surface area contributed by atoms with Crippen molar-refractivity contribution in [1.82, 2.24) is 19.8 Å². The Bertz CT molecular complexity index is 660. The van der Waals surface area contributed by atoms with E-state index >= 15 is 0 Å². The Kier molecular flexibility index (Phi) is 9.12. The number of nitrogens with zero attached hydrogens (tertiary/aromatic N) is 4. The van der Waals surface area contributed by atoms with E-state index in [4.69, 9.17) is 14.1 Å². The maximum atomic E-state index is 5.42. The molecule has 3 rings (SSSR count). The van der Waals surface area contributed by atoms with Crippen LogP contribution in [0.2, 0.25) is 0 Å². The second-order valence-electron chi connectivity index (χ2n) is 6.74. The molecular formula is C19H30IN5O2. The molecule has 150 valence electrons. The molecule has 27 heavy (non-hydrogen) atoms. The average Bonchev–Trinajstić information content (AvgIpc) is 3.35. The molecule has 2 unspecified atom stereocenters. The second-order valence-corrected chi connectivity index (χ2v) is 6.74. The fourth-order valence-electron chi connectivity index (χ4n) is 3.36. The van der Waals surface area contributed by atoms with E-state index in [-0.39, 0.29) is 24.0 Å². The molecule has 0 bridgehead atoms. The van der Waals surface area contributed by atoms with Gasteiger partial charge in [0.15, 0.2) is 5.96 Å². The zero-order chi connectivity index (χ0) is 18.2. The van der Waals surface area contributed by atoms with Gasteiger partial charge in [0, 0.05) is 45.6 Å². The molecule has 0 spiro atoms. The third kappa shape index (κ3) is 6.24. The Balaban J connectivity index is 0.00000261. The molecule has 1 aliphatic rings. The summed E-state index contributed by atoms with van der Waals surface area (Å²) in [6.07, 6.45) is 9.50. The molecule has 2 aromatic rings. The first-order valence-electron chi connectivity index (χ1n) is 9.30. The molecule has 1 aliphatic heterocycles. The molecule has 0 radical (unpaired) electrons. The lowest BCUT2D eigenvalue weighted by molar-refractivity contribution is 0.186. The summed E-state index contributed by atoms with van der Waals surface area (Å²) in [7, 11) is 1.71. The summed E-state index contributed by atoms with van der Waals surface area (Å²) in [5.41, 5.74) is 0. The van der Waals surface area contributed by atoms with Gasteiger partial charge in [-0.25, -0.2) is 4.98 Å². The topological polar surface area (TPSA) is 67.8 Å². The van der Waals surface area contributed by atoms with E-state index in [0.717, 1.165) is 44.2 Å². The molecule has 1 saturated heterocycles. The number of rotatable bonds is 7. The molecule has 0 saturated carbocycles. The highest BCUT2D eigenvalue weighted by Crippen LogP contribution is 2.27. The van der Waals surface area contributed by atoms with Crippen molar-refractivity contribution in [3.8, 4) is 0 Å². The van der Waals surface area contributed by atoms with E-state index in [1.54, 1.807) is 13.4 Å². The SMILES string of the molecule is COCCN=C(NCCc1ccco1)N1CCC(C)C(n2ccnc2)C1.I. The first kappa shape index (κ1) is 21.7. The van der Waals surface area contributed by atoms with Gasteiger partial charge in [-0.05, 0) is 24.5 Å². The fourth-order valence-corrected chi connectivity index (χ4v) is 3.36. The van der Waals surface area contributed by atoms with Crippen molar-refractivity contribution in [2.75, 3.05) is 39.9 Å². The lowest BCUT2D eigenvalue weighted by Gasteiger charge is -2.39. The van der Waals surface area contributed by atoms with Crippen molar-refractivity contribution in [3.05, 3.63) is 42.9 Å². The van der Waals surface area contributed by atoms with Gasteiger partial charge in [0.1, 0.15) is 5.76 Å². The number of methoxy groups -OCH3 is 1. The summed E-state index contributed by atoms with van der Waals surface area (Å²) in [4.78, 5) is 11.3. The summed E-state index contributed by atoms with van der Waals surface area (Å²) in [6, 6.07) is 4.33. The van der Waals surface area contributed by atoms with Crippen LogP contribution in [0.4, 0.5) is 0 Å². The number of guanidine groups is 1. The average molecular weight is 487 g/mol. The maximum Gasteiger partial charge on any atom is 0.194 e. The van der Waals surface area contributed by atoms with Crippen LogP contribution in [0.25, 0.3) is 0 Å². The van der Waals surface area contributed by atoms with Gasteiger partial charge in [0.2, 0.25) is 0 Å². The number of nitrogens with one attached hydrogen (secondary N) is 1. The summed E-state index contributed by atoms with van der Waals surface area (Å²) in [5, 5.41) is 3.50. The molecule has 7 nitrogen and oxygen atoms in total.